The number of ether oxygens (including phenoxy) is 1. The van der Waals surface area contributed by atoms with E-state index in [4.69, 9.17) is 4.74 Å². The fraction of sp³-hybridized carbons (Fsp3) is 0.562. The minimum Gasteiger partial charge on any atom is -0.467 e. The van der Waals surface area contributed by atoms with Gasteiger partial charge in [-0.15, -0.1) is 0 Å². The van der Waals surface area contributed by atoms with Gasteiger partial charge < -0.3 is 9.64 Å². The normalized spacial score (nSPS) is 14.1. The van der Waals surface area contributed by atoms with Crippen LogP contribution in [-0.4, -0.2) is 45.2 Å². The van der Waals surface area contributed by atoms with Crippen molar-refractivity contribution in [3.63, 3.8) is 0 Å². The number of hydrogen-bond acceptors (Lipinski definition) is 4. The minimum absolute atomic E-state index is 0.218. The van der Waals surface area contributed by atoms with Gasteiger partial charge in [0.15, 0.2) is 0 Å². The number of hydrogen-bond donors (Lipinski definition) is 1. The molecule has 0 saturated carbocycles. The number of benzene rings is 1. The third kappa shape index (κ3) is 4.05. The zero-order valence-corrected chi connectivity index (χ0v) is 13.0. The van der Waals surface area contributed by atoms with Crippen LogP contribution in [0.3, 0.4) is 0 Å². The zero-order valence-electron chi connectivity index (χ0n) is 13.0. The SMILES string of the molecule is CCCC(NCCN(C)C)(C(=O)OC)c1ccccc1. The third-order valence-electron chi connectivity index (χ3n) is 3.41. The zero-order chi connectivity index (χ0) is 15.0. The highest BCUT2D eigenvalue weighted by atomic mass is 16.5. The number of nitrogens with one attached hydrogen (secondary N) is 1. The van der Waals surface area contributed by atoms with Crippen molar-refractivity contribution in [1.29, 1.82) is 0 Å². The van der Waals surface area contributed by atoms with Gasteiger partial charge in [0.1, 0.15) is 5.54 Å². The van der Waals surface area contributed by atoms with E-state index in [1.807, 2.05) is 44.4 Å². The lowest BCUT2D eigenvalue weighted by atomic mass is 9.85. The number of esters is 1. The predicted octanol–water partition coefficient (Wildman–Crippen LogP) is 2.01. The van der Waals surface area contributed by atoms with Crippen molar-refractivity contribution in [3.05, 3.63) is 35.9 Å². The first-order valence-corrected chi connectivity index (χ1v) is 7.10. The molecule has 0 bridgehead atoms. The first-order valence-electron chi connectivity index (χ1n) is 7.10. The molecule has 0 spiro atoms. The predicted molar refractivity (Wildman–Crippen MR) is 81.6 cm³/mol. The van der Waals surface area contributed by atoms with E-state index in [9.17, 15) is 4.79 Å². The second kappa shape index (κ2) is 8.02. The fourth-order valence-corrected chi connectivity index (χ4v) is 2.39. The van der Waals surface area contributed by atoms with Gasteiger partial charge in [0, 0.05) is 13.1 Å². The maximum atomic E-state index is 12.4. The van der Waals surface area contributed by atoms with Gasteiger partial charge in [-0.2, -0.15) is 0 Å². The second-order valence-electron chi connectivity index (χ2n) is 5.24. The van der Waals surface area contributed by atoms with Gasteiger partial charge in [0.05, 0.1) is 7.11 Å². The molecule has 0 amide bonds. The summed E-state index contributed by atoms with van der Waals surface area (Å²) in [6.07, 6.45) is 1.62. The molecule has 0 aliphatic heterocycles. The lowest BCUT2D eigenvalue weighted by Crippen LogP contribution is -2.51. The van der Waals surface area contributed by atoms with Crippen LogP contribution in [0.4, 0.5) is 0 Å². The van der Waals surface area contributed by atoms with Crippen LogP contribution in [0, 0.1) is 0 Å². The number of likely N-dealkylation sites (N-methyl/N-ethyl adjacent to an activating group) is 1. The summed E-state index contributed by atoms with van der Waals surface area (Å²) in [4.78, 5) is 14.5. The van der Waals surface area contributed by atoms with E-state index < -0.39 is 5.54 Å². The summed E-state index contributed by atoms with van der Waals surface area (Å²) in [6, 6.07) is 9.83. The van der Waals surface area contributed by atoms with Gasteiger partial charge in [-0.25, -0.2) is 4.79 Å². The van der Waals surface area contributed by atoms with Crippen LogP contribution >= 0.6 is 0 Å². The Labute approximate surface area is 122 Å². The molecule has 0 fully saturated rings. The standard InChI is InChI=1S/C16H26N2O2/c1-5-11-16(15(19)20-4,17-12-13-18(2)3)14-9-7-6-8-10-14/h6-10,17H,5,11-13H2,1-4H3. The molecule has 1 unspecified atom stereocenters. The van der Waals surface area contributed by atoms with Crippen molar-refractivity contribution in [2.24, 2.45) is 0 Å². The number of nitrogens with zero attached hydrogens (tertiary/aromatic N) is 1. The number of rotatable bonds is 8. The smallest absolute Gasteiger partial charge is 0.330 e. The molecule has 0 radical (unpaired) electrons. The molecule has 0 aromatic heterocycles. The van der Waals surface area contributed by atoms with Crippen molar-refractivity contribution in [3.8, 4) is 0 Å². The molecule has 1 aromatic carbocycles. The summed E-state index contributed by atoms with van der Waals surface area (Å²) in [5, 5.41) is 3.42. The van der Waals surface area contributed by atoms with Gasteiger partial charge in [-0.3, -0.25) is 5.32 Å². The molecule has 0 saturated heterocycles. The number of carbonyl (C=O) groups excluding carboxylic acids is 1. The summed E-state index contributed by atoms with van der Waals surface area (Å²) < 4.78 is 5.07. The van der Waals surface area contributed by atoms with E-state index in [1.54, 1.807) is 0 Å². The van der Waals surface area contributed by atoms with Crippen LogP contribution in [-0.2, 0) is 15.1 Å². The Kier molecular flexibility index (Phi) is 6.68. The molecule has 20 heavy (non-hydrogen) atoms. The first-order chi connectivity index (χ1) is 9.56. The Morgan fingerprint density at radius 2 is 1.95 bits per heavy atom. The summed E-state index contributed by atoms with van der Waals surface area (Å²) in [7, 11) is 5.48. The third-order valence-corrected chi connectivity index (χ3v) is 3.41. The molecule has 0 aliphatic carbocycles. The lowest BCUT2D eigenvalue weighted by Gasteiger charge is -2.33. The van der Waals surface area contributed by atoms with Crippen LogP contribution in [0.2, 0.25) is 0 Å². The monoisotopic (exact) mass is 278 g/mol. The van der Waals surface area contributed by atoms with Crippen molar-refractivity contribution < 1.29 is 9.53 Å². The van der Waals surface area contributed by atoms with E-state index in [2.05, 4.69) is 17.1 Å². The average molecular weight is 278 g/mol. The van der Waals surface area contributed by atoms with Crippen molar-refractivity contribution in [1.82, 2.24) is 10.2 Å². The van der Waals surface area contributed by atoms with Crippen LogP contribution < -0.4 is 5.32 Å². The lowest BCUT2D eigenvalue weighted by molar-refractivity contribution is -0.149. The Morgan fingerprint density at radius 3 is 2.45 bits per heavy atom. The van der Waals surface area contributed by atoms with Crippen LogP contribution in [0.5, 0.6) is 0 Å². The molecule has 1 aromatic rings. The molecule has 1 atom stereocenters. The van der Waals surface area contributed by atoms with Gasteiger partial charge in [-0.05, 0) is 26.1 Å². The Hall–Kier alpha value is -1.39. The molecular formula is C16H26N2O2. The van der Waals surface area contributed by atoms with E-state index in [0.717, 1.165) is 31.5 Å². The van der Waals surface area contributed by atoms with Crippen LogP contribution in [0.25, 0.3) is 0 Å². The van der Waals surface area contributed by atoms with E-state index in [0.29, 0.717) is 0 Å². The van der Waals surface area contributed by atoms with Gasteiger partial charge in [-0.1, -0.05) is 43.7 Å². The van der Waals surface area contributed by atoms with Crippen molar-refractivity contribution in [2.45, 2.75) is 25.3 Å². The molecule has 4 nitrogen and oxygen atoms in total. The van der Waals surface area contributed by atoms with Crippen LogP contribution in [0.1, 0.15) is 25.3 Å². The highest BCUT2D eigenvalue weighted by Crippen LogP contribution is 2.28. The quantitative estimate of drug-likeness (QED) is 0.739. The largest absolute Gasteiger partial charge is 0.467 e. The minimum atomic E-state index is -0.749. The molecule has 4 heteroatoms. The highest BCUT2D eigenvalue weighted by molar-refractivity contribution is 5.82. The maximum absolute atomic E-state index is 12.4. The van der Waals surface area contributed by atoms with E-state index in [-0.39, 0.29) is 5.97 Å². The Bertz CT molecular complexity index is 406. The molecule has 1 rings (SSSR count). The number of carbonyl (C=O) groups is 1. The van der Waals surface area contributed by atoms with Crippen LogP contribution in [0.15, 0.2) is 30.3 Å². The van der Waals surface area contributed by atoms with E-state index in [1.165, 1.54) is 7.11 Å². The van der Waals surface area contributed by atoms with Crippen molar-refractivity contribution >= 4 is 5.97 Å². The summed E-state index contributed by atoms with van der Waals surface area (Å²) in [6.45, 7) is 3.68. The second-order valence-corrected chi connectivity index (χ2v) is 5.24. The average Bonchev–Trinajstić information content (AvgIpc) is 2.46. The van der Waals surface area contributed by atoms with Crippen molar-refractivity contribution in [2.75, 3.05) is 34.3 Å². The van der Waals surface area contributed by atoms with Gasteiger partial charge in [0.25, 0.3) is 0 Å². The molecule has 112 valence electrons. The summed E-state index contributed by atoms with van der Waals surface area (Å²) in [5.41, 5.74) is 0.216. The fourth-order valence-electron chi connectivity index (χ4n) is 2.39. The Morgan fingerprint density at radius 1 is 1.30 bits per heavy atom. The topological polar surface area (TPSA) is 41.6 Å². The molecule has 0 aliphatic rings. The highest BCUT2D eigenvalue weighted by Gasteiger charge is 2.39. The Balaban J connectivity index is 3.04. The number of methoxy groups -OCH3 is 1. The maximum Gasteiger partial charge on any atom is 0.330 e. The molecule has 1 N–H and O–H groups in total. The molecular weight excluding hydrogens is 252 g/mol. The summed E-state index contributed by atoms with van der Waals surface area (Å²) in [5.74, 6) is -0.218. The first kappa shape index (κ1) is 16.7. The molecule has 0 heterocycles. The van der Waals surface area contributed by atoms with E-state index >= 15 is 0 Å². The summed E-state index contributed by atoms with van der Waals surface area (Å²) >= 11 is 0. The van der Waals surface area contributed by atoms with Gasteiger partial charge >= 0.3 is 5.97 Å². The van der Waals surface area contributed by atoms with Gasteiger partial charge in [0.2, 0.25) is 0 Å².